The van der Waals surface area contributed by atoms with Gasteiger partial charge in [-0.2, -0.15) is 0 Å². The van der Waals surface area contributed by atoms with Crippen molar-refractivity contribution < 1.29 is 36.2 Å². The number of carbonyl (C=O) groups is 1. The van der Waals surface area contributed by atoms with Crippen molar-refractivity contribution in [2.45, 2.75) is 77.6 Å². The number of unbranched alkanes of at least 4 members (excludes halogenated alkanes) is 1. The van der Waals surface area contributed by atoms with Crippen molar-refractivity contribution in [3.05, 3.63) is 58.9 Å². The highest BCUT2D eigenvalue weighted by molar-refractivity contribution is 5.91. The van der Waals surface area contributed by atoms with E-state index in [0.29, 0.717) is 24.7 Å². The zero-order valence-electron chi connectivity index (χ0n) is 21.7. The van der Waals surface area contributed by atoms with E-state index >= 15 is 0 Å². The number of ether oxygens (including phenoxy) is 2. The quantitative estimate of drug-likeness (QED) is 0.139. The Labute approximate surface area is 220 Å². The molecule has 0 heterocycles. The van der Waals surface area contributed by atoms with Crippen LogP contribution in [0.15, 0.2) is 24.3 Å². The molecule has 0 N–H and O–H groups in total. The lowest BCUT2D eigenvalue weighted by Gasteiger charge is -2.38. The average Bonchev–Trinajstić information content (AvgIpc) is 2.89. The Morgan fingerprint density at radius 3 is 1.76 bits per heavy atom. The van der Waals surface area contributed by atoms with E-state index in [0.717, 1.165) is 55.6 Å². The molecular weight excluding hydrogens is 503 g/mol. The summed E-state index contributed by atoms with van der Waals surface area (Å²) in [7, 11) is 0. The first-order valence-electron chi connectivity index (χ1n) is 13.7. The predicted molar refractivity (Wildman–Crippen MR) is 134 cm³/mol. The summed E-state index contributed by atoms with van der Waals surface area (Å²) in [4.78, 5) is 12.2. The van der Waals surface area contributed by atoms with Gasteiger partial charge in [-0.3, -0.25) is 0 Å². The number of esters is 1. The van der Waals surface area contributed by atoms with Gasteiger partial charge in [0, 0.05) is 24.3 Å². The fourth-order valence-corrected chi connectivity index (χ4v) is 6.06. The fourth-order valence-electron chi connectivity index (χ4n) is 6.06. The van der Waals surface area contributed by atoms with Crippen LogP contribution < -0.4 is 9.47 Å². The standard InChI is InChI=1S/C30H35F5O3/c1-2-3-4-18-5-9-20(10-6-18)21-11-7-19(8-12-21)17-37-22-13-24(31)28(25(32)14-22)30(36)38-23-15-26(33)29(35)27(34)16-23/h13-16,18-21H,2-12,17H2,1H3/t18-,19-,20-,21-. The predicted octanol–water partition coefficient (Wildman–Crippen LogP) is 8.78. The van der Waals surface area contributed by atoms with Gasteiger partial charge in [-0.15, -0.1) is 0 Å². The van der Waals surface area contributed by atoms with E-state index in [-0.39, 0.29) is 5.75 Å². The van der Waals surface area contributed by atoms with Crippen LogP contribution in [0.5, 0.6) is 11.5 Å². The van der Waals surface area contributed by atoms with E-state index in [2.05, 4.69) is 11.7 Å². The Balaban J connectivity index is 1.26. The minimum absolute atomic E-state index is 0.0528. The van der Waals surface area contributed by atoms with Crippen LogP contribution in [0.2, 0.25) is 0 Å². The summed E-state index contributed by atoms with van der Waals surface area (Å²) in [6.45, 7) is 2.57. The summed E-state index contributed by atoms with van der Waals surface area (Å²) in [6.07, 6.45) is 13.7. The highest BCUT2D eigenvalue weighted by Gasteiger charge is 2.31. The maximum absolute atomic E-state index is 14.6. The van der Waals surface area contributed by atoms with E-state index in [1.165, 1.54) is 44.9 Å². The van der Waals surface area contributed by atoms with Gasteiger partial charge in [0.25, 0.3) is 0 Å². The molecule has 208 valence electrons. The summed E-state index contributed by atoms with van der Waals surface area (Å²) in [5.74, 6) is -6.91. The van der Waals surface area contributed by atoms with Gasteiger partial charge >= 0.3 is 5.97 Å². The molecule has 0 unspecified atom stereocenters. The van der Waals surface area contributed by atoms with Crippen molar-refractivity contribution in [1.82, 2.24) is 0 Å². The Kier molecular flexibility index (Phi) is 9.66. The van der Waals surface area contributed by atoms with Gasteiger partial charge in [-0.25, -0.2) is 26.7 Å². The molecule has 0 atom stereocenters. The largest absolute Gasteiger partial charge is 0.493 e. The SMILES string of the molecule is CCCC[C@H]1CC[C@H]([C@H]2CC[C@H](COc3cc(F)c(C(=O)Oc4cc(F)c(F)c(F)c4)c(F)c3)CC2)CC1. The molecule has 4 rings (SSSR count). The molecule has 2 saturated carbocycles. The first-order valence-corrected chi connectivity index (χ1v) is 13.7. The van der Waals surface area contributed by atoms with Gasteiger partial charge in [0.15, 0.2) is 17.5 Å². The number of carbonyl (C=O) groups excluding carboxylic acids is 1. The van der Waals surface area contributed by atoms with Gasteiger partial charge in [0.05, 0.1) is 6.61 Å². The van der Waals surface area contributed by atoms with Gasteiger partial charge in [-0.1, -0.05) is 39.0 Å². The highest BCUT2D eigenvalue weighted by Crippen LogP contribution is 2.42. The Morgan fingerprint density at radius 1 is 0.737 bits per heavy atom. The molecule has 2 aromatic rings. The van der Waals surface area contributed by atoms with Gasteiger partial charge < -0.3 is 9.47 Å². The molecule has 0 aromatic heterocycles. The molecule has 2 fully saturated rings. The summed E-state index contributed by atoms with van der Waals surface area (Å²) >= 11 is 0. The molecule has 3 nitrogen and oxygen atoms in total. The number of benzene rings is 2. The summed E-state index contributed by atoms with van der Waals surface area (Å²) in [5.41, 5.74) is -1.03. The monoisotopic (exact) mass is 538 g/mol. The molecule has 0 bridgehead atoms. The summed E-state index contributed by atoms with van der Waals surface area (Å²) < 4.78 is 79.2. The van der Waals surface area contributed by atoms with Crippen molar-refractivity contribution in [1.29, 1.82) is 0 Å². The Morgan fingerprint density at radius 2 is 1.24 bits per heavy atom. The first kappa shape index (κ1) is 28.4. The lowest BCUT2D eigenvalue weighted by Crippen LogP contribution is -2.27. The maximum Gasteiger partial charge on any atom is 0.349 e. The number of hydrogen-bond donors (Lipinski definition) is 0. The zero-order chi connectivity index (χ0) is 27.2. The topological polar surface area (TPSA) is 35.5 Å². The Bertz CT molecular complexity index is 1060. The Hall–Kier alpha value is -2.64. The number of rotatable bonds is 9. The smallest absolute Gasteiger partial charge is 0.349 e. The molecule has 2 aliphatic rings. The second kappa shape index (κ2) is 12.9. The second-order valence-electron chi connectivity index (χ2n) is 10.9. The lowest BCUT2D eigenvalue weighted by atomic mass is 9.69. The van der Waals surface area contributed by atoms with Gasteiger partial charge in [0.1, 0.15) is 28.7 Å². The number of hydrogen-bond acceptors (Lipinski definition) is 3. The molecule has 0 amide bonds. The van der Waals surface area contributed by atoms with Crippen LogP contribution >= 0.6 is 0 Å². The number of halogens is 5. The molecule has 0 spiro atoms. The van der Waals surface area contributed by atoms with Crippen LogP contribution in [-0.2, 0) is 0 Å². The molecule has 2 aliphatic carbocycles. The molecule has 38 heavy (non-hydrogen) atoms. The molecule has 8 heteroatoms. The molecule has 0 radical (unpaired) electrons. The van der Waals surface area contributed by atoms with Crippen LogP contribution in [0.25, 0.3) is 0 Å². The van der Waals surface area contributed by atoms with Crippen LogP contribution in [0.1, 0.15) is 87.9 Å². The van der Waals surface area contributed by atoms with Crippen molar-refractivity contribution in [2.24, 2.45) is 23.7 Å². The maximum atomic E-state index is 14.6. The lowest BCUT2D eigenvalue weighted by molar-refractivity contribution is 0.0723. The molecular formula is C30H35F5O3. The van der Waals surface area contributed by atoms with E-state index in [1.807, 2.05) is 0 Å². The van der Waals surface area contributed by atoms with E-state index in [1.54, 1.807) is 0 Å². The van der Waals surface area contributed by atoms with E-state index < -0.39 is 46.4 Å². The van der Waals surface area contributed by atoms with Crippen molar-refractivity contribution >= 4 is 5.97 Å². The minimum Gasteiger partial charge on any atom is -0.493 e. The molecule has 2 aromatic carbocycles. The first-order chi connectivity index (χ1) is 18.2. The van der Waals surface area contributed by atoms with Gasteiger partial charge in [0.2, 0.25) is 0 Å². The summed E-state index contributed by atoms with van der Waals surface area (Å²) in [6, 6.07) is 2.59. The molecule has 0 saturated heterocycles. The molecule has 0 aliphatic heterocycles. The fraction of sp³-hybridized carbons (Fsp3) is 0.567. The van der Waals surface area contributed by atoms with Gasteiger partial charge in [-0.05, 0) is 62.2 Å². The minimum atomic E-state index is -1.75. The second-order valence-corrected chi connectivity index (χ2v) is 10.9. The van der Waals surface area contributed by atoms with Crippen LogP contribution in [-0.4, -0.2) is 12.6 Å². The third kappa shape index (κ3) is 7.06. The van der Waals surface area contributed by atoms with Crippen molar-refractivity contribution in [3.8, 4) is 11.5 Å². The summed E-state index contributed by atoms with van der Waals surface area (Å²) in [5, 5.41) is 0. The normalized spacial score (nSPS) is 23.7. The third-order valence-corrected chi connectivity index (χ3v) is 8.29. The third-order valence-electron chi connectivity index (χ3n) is 8.29. The van der Waals surface area contributed by atoms with Crippen molar-refractivity contribution in [2.75, 3.05) is 6.61 Å². The van der Waals surface area contributed by atoms with E-state index in [9.17, 15) is 26.7 Å². The van der Waals surface area contributed by atoms with Crippen LogP contribution in [0, 0.1) is 52.8 Å². The van der Waals surface area contributed by atoms with Crippen LogP contribution in [0.3, 0.4) is 0 Å². The zero-order valence-corrected chi connectivity index (χ0v) is 21.7. The van der Waals surface area contributed by atoms with E-state index in [4.69, 9.17) is 4.74 Å². The highest BCUT2D eigenvalue weighted by atomic mass is 19.2. The average molecular weight is 539 g/mol. The van der Waals surface area contributed by atoms with Crippen LogP contribution in [0.4, 0.5) is 22.0 Å². The van der Waals surface area contributed by atoms with Crippen molar-refractivity contribution in [3.63, 3.8) is 0 Å².